The van der Waals surface area contributed by atoms with E-state index in [9.17, 15) is 18.0 Å². The van der Waals surface area contributed by atoms with Gasteiger partial charge in [-0.05, 0) is 46.3 Å². The Balaban J connectivity index is 2.36. The van der Waals surface area contributed by atoms with Gasteiger partial charge in [0, 0.05) is 11.9 Å². The Morgan fingerprint density at radius 2 is 2.00 bits per heavy atom. The molecule has 1 aromatic carbocycles. The topological polar surface area (TPSA) is 31.2 Å². The molecular weight excluding hydrogens is 327 g/mol. The lowest BCUT2D eigenvalue weighted by Crippen LogP contribution is -2.17. The average molecular weight is 334 g/mol. The molecule has 0 amide bonds. The van der Waals surface area contributed by atoms with Crippen LogP contribution >= 0.6 is 15.9 Å². The van der Waals surface area contributed by atoms with Gasteiger partial charge in [-0.25, -0.2) is 0 Å². The second-order valence-electron chi connectivity index (χ2n) is 3.58. The van der Waals surface area contributed by atoms with Gasteiger partial charge in [-0.1, -0.05) is 0 Å². The summed E-state index contributed by atoms with van der Waals surface area (Å²) >= 11 is 3.01. The third-order valence-corrected chi connectivity index (χ3v) is 2.94. The van der Waals surface area contributed by atoms with Crippen LogP contribution in [0.25, 0.3) is 5.69 Å². The Morgan fingerprint density at radius 1 is 1.26 bits per heavy atom. The molecule has 0 bridgehead atoms. The molecule has 1 aromatic heterocycles. The van der Waals surface area contributed by atoms with Crippen molar-refractivity contribution < 1.29 is 22.7 Å². The van der Waals surface area contributed by atoms with E-state index in [0.717, 1.165) is 0 Å². The Bertz CT molecular complexity index is 607. The van der Waals surface area contributed by atoms with Crippen LogP contribution in [0, 0.1) is 0 Å². The van der Waals surface area contributed by atoms with E-state index < -0.39 is 6.36 Å². The summed E-state index contributed by atoms with van der Waals surface area (Å²) < 4.78 is 41.9. The first-order valence-electron chi connectivity index (χ1n) is 5.09. The number of carbonyl (C=O) groups excluding carboxylic acids is 1. The molecular formula is C12H7BrF3NO2. The zero-order valence-electron chi connectivity index (χ0n) is 9.32. The molecule has 0 aliphatic carbocycles. The van der Waals surface area contributed by atoms with E-state index in [0.29, 0.717) is 17.7 Å². The Labute approximate surface area is 114 Å². The molecule has 0 saturated carbocycles. The Hall–Kier alpha value is -1.76. The molecule has 1 heterocycles. The van der Waals surface area contributed by atoms with Crippen LogP contribution in [0.1, 0.15) is 10.5 Å². The smallest absolute Gasteiger partial charge is 0.405 e. The van der Waals surface area contributed by atoms with E-state index in [4.69, 9.17) is 0 Å². The van der Waals surface area contributed by atoms with E-state index in [-0.39, 0.29) is 10.2 Å². The summed E-state index contributed by atoms with van der Waals surface area (Å²) in [5.74, 6) is -0.337. The number of hydrogen-bond acceptors (Lipinski definition) is 2. The summed E-state index contributed by atoms with van der Waals surface area (Å²) in [6.07, 6.45) is -2.45. The van der Waals surface area contributed by atoms with Crippen LogP contribution in [0.3, 0.4) is 0 Å². The summed E-state index contributed by atoms with van der Waals surface area (Å²) in [5, 5.41) is 0. The van der Waals surface area contributed by atoms with E-state index in [2.05, 4.69) is 20.7 Å². The molecule has 0 aliphatic rings. The summed E-state index contributed by atoms with van der Waals surface area (Å²) in [5.41, 5.74) is 0.949. The van der Waals surface area contributed by atoms with Crippen LogP contribution in [-0.2, 0) is 0 Å². The van der Waals surface area contributed by atoms with E-state index in [1.807, 2.05) is 0 Å². The summed E-state index contributed by atoms with van der Waals surface area (Å²) in [6, 6.07) is 7.31. The highest BCUT2D eigenvalue weighted by Crippen LogP contribution is 2.32. The normalized spacial score (nSPS) is 11.4. The van der Waals surface area contributed by atoms with Crippen LogP contribution in [0.2, 0.25) is 0 Å². The van der Waals surface area contributed by atoms with Gasteiger partial charge in [0.05, 0.1) is 10.2 Å². The maximum Gasteiger partial charge on any atom is 0.573 e. The SMILES string of the molecule is O=Cc1cccn1-c1ccc(OC(F)(F)F)c(Br)c1. The molecule has 0 fully saturated rings. The average Bonchev–Trinajstić information content (AvgIpc) is 2.78. The predicted octanol–water partition coefficient (Wildman–Crippen LogP) is 3.95. The molecule has 0 saturated heterocycles. The highest BCUT2D eigenvalue weighted by Gasteiger charge is 2.31. The van der Waals surface area contributed by atoms with Crippen LogP contribution in [0.5, 0.6) is 5.75 Å². The molecule has 2 rings (SSSR count). The van der Waals surface area contributed by atoms with Crippen molar-refractivity contribution in [2.75, 3.05) is 0 Å². The minimum atomic E-state index is -4.74. The summed E-state index contributed by atoms with van der Waals surface area (Å²) in [7, 11) is 0. The number of aldehydes is 1. The second kappa shape index (κ2) is 5.08. The van der Waals surface area contributed by atoms with Gasteiger partial charge in [-0.2, -0.15) is 0 Å². The van der Waals surface area contributed by atoms with Gasteiger partial charge in [0.25, 0.3) is 0 Å². The molecule has 100 valence electrons. The minimum Gasteiger partial charge on any atom is -0.405 e. The minimum absolute atomic E-state index is 0.146. The zero-order chi connectivity index (χ0) is 14.0. The third kappa shape index (κ3) is 3.17. The Morgan fingerprint density at radius 3 is 2.58 bits per heavy atom. The quantitative estimate of drug-likeness (QED) is 0.796. The second-order valence-corrected chi connectivity index (χ2v) is 4.44. The molecule has 7 heteroatoms. The molecule has 19 heavy (non-hydrogen) atoms. The van der Waals surface area contributed by atoms with E-state index in [1.165, 1.54) is 18.2 Å². The van der Waals surface area contributed by atoms with Crippen molar-refractivity contribution in [3.05, 3.63) is 46.7 Å². The van der Waals surface area contributed by atoms with Gasteiger partial charge in [-0.3, -0.25) is 4.79 Å². The number of carbonyl (C=O) groups is 1. The van der Waals surface area contributed by atoms with Crippen LogP contribution in [0.15, 0.2) is 41.0 Å². The number of hydrogen-bond donors (Lipinski definition) is 0. The number of ether oxygens (including phenoxy) is 1. The summed E-state index contributed by atoms with van der Waals surface area (Å²) in [6.45, 7) is 0. The number of alkyl halides is 3. The molecule has 3 nitrogen and oxygen atoms in total. The molecule has 0 radical (unpaired) electrons. The Kier molecular flexibility index (Phi) is 3.66. The van der Waals surface area contributed by atoms with Gasteiger partial charge in [0.1, 0.15) is 5.75 Å². The number of rotatable bonds is 3. The largest absolute Gasteiger partial charge is 0.573 e. The number of aromatic nitrogens is 1. The first kappa shape index (κ1) is 13.7. The first-order valence-corrected chi connectivity index (χ1v) is 5.88. The van der Waals surface area contributed by atoms with Crippen molar-refractivity contribution in [2.45, 2.75) is 6.36 Å². The van der Waals surface area contributed by atoms with Gasteiger partial charge >= 0.3 is 6.36 Å². The molecule has 0 unspecified atom stereocenters. The van der Waals surface area contributed by atoms with E-state index in [1.54, 1.807) is 22.9 Å². The third-order valence-electron chi connectivity index (χ3n) is 2.32. The standard InChI is InChI=1S/C12H7BrF3NO2/c13-10-6-8(17-5-1-2-9(17)7-18)3-4-11(10)19-12(14,15)16/h1-7H. The van der Waals surface area contributed by atoms with Crippen molar-refractivity contribution in [1.29, 1.82) is 0 Å². The number of nitrogens with zero attached hydrogens (tertiary/aromatic N) is 1. The number of halogens is 4. The van der Waals surface area contributed by atoms with E-state index >= 15 is 0 Å². The molecule has 0 atom stereocenters. The highest BCUT2D eigenvalue weighted by molar-refractivity contribution is 9.10. The van der Waals surface area contributed by atoms with Gasteiger partial charge in [0.15, 0.2) is 6.29 Å². The fourth-order valence-electron chi connectivity index (χ4n) is 1.57. The first-order chi connectivity index (χ1) is 8.90. The maximum absolute atomic E-state index is 12.1. The molecule has 2 aromatic rings. The van der Waals surface area contributed by atoms with Crippen molar-refractivity contribution in [1.82, 2.24) is 4.57 Å². The van der Waals surface area contributed by atoms with Gasteiger partial charge < -0.3 is 9.30 Å². The highest BCUT2D eigenvalue weighted by atomic mass is 79.9. The van der Waals surface area contributed by atoms with Crippen molar-refractivity contribution in [3.8, 4) is 11.4 Å². The lowest BCUT2D eigenvalue weighted by atomic mass is 10.3. The maximum atomic E-state index is 12.1. The van der Waals surface area contributed by atoms with Crippen LogP contribution in [0.4, 0.5) is 13.2 Å². The molecule has 0 spiro atoms. The van der Waals surface area contributed by atoms with Crippen molar-refractivity contribution in [3.63, 3.8) is 0 Å². The lowest BCUT2D eigenvalue weighted by molar-refractivity contribution is -0.274. The monoisotopic (exact) mass is 333 g/mol. The van der Waals surface area contributed by atoms with Crippen molar-refractivity contribution in [2.24, 2.45) is 0 Å². The summed E-state index contributed by atoms with van der Waals surface area (Å²) in [4.78, 5) is 10.8. The van der Waals surface area contributed by atoms with Gasteiger partial charge in [-0.15, -0.1) is 13.2 Å². The van der Waals surface area contributed by atoms with Gasteiger partial charge in [0.2, 0.25) is 0 Å². The lowest BCUT2D eigenvalue weighted by Gasteiger charge is -2.12. The molecule has 0 aliphatic heterocycles. The van der Waals surface area contributed by atoms with Crippen molar-refractivity contribution >= 4 is 22.2 Å². The number of benzene rings is 1. The predicted molar refractivity (Wildman–Crippen MR) is 65.5 cm³/mol. The fourth-order valence-corrected chi connectivity index (χ4v) is 2.02. The molecule has 0 N–H and O–H groups in total. The zero-order valence-corrected chi connectivity index (χ0v) is 10.9. The van der Waals surface area contributed by atoms with Crippen LogP contribution < -0.4 is 4.74 Å². The fraction of sp³-hybridized carbons (Fsp3) is 0.0833. The van der Waals surface area contributed by atoms with Crippen LogP contribution in [-0.4, -0.2) is 17.2 Å².